The lowest BCUT2D eigenvalue weighted by molar-refractivity contribution is -0.126. The van der Waals surface area contributed by atoms with E-state index in [4.69, 9.17) is 4.74 Å². The first-order chi connectivity index (χ1) is 9.02. The topological polar surface area (TPSA) is 38.3 Å². The monoisotopic (exact) mass is 267 g/mol. The maximum Gasteiger partial charge on any atom is 0.246 e. The average molecular weight is 267 g/mol. The zero-order valence-corrected chi connectivity index (χ0v) is 11.8. The minimum Gasteiger partial charge on any atom is -0.372 e. The van der Waals surface area contributed by atoms with Crippen molar-refractivity contribution in [3.05, 3.63) is 35.6 Å². The fourth-order valence-corrected chi connectivity index (χ4v) is 1.77. The second-order valence-corrected chi connectivity index (χ2v) is 4.89. The van der Waals surface area contributed by atoms with Crippen molar-refractivity contribution in [3.8, 4) is 0 Å². The highest BCUT2D eigenvalue weighted by Gasteiger charge is 2.16. The molecule has 1 N–H and O–H groups in total. The lowest BCUT2D eigenvalue weighted by atomic mass is 9.96. The fraction of sp³-hybridized carbons (Fsp3) is 0.533. The first-order valence-electron chi connectivity index (χ1n) is 6.64. The molecule has 1 rings (SSSR count). The minimum absolute atomic E-state index is 0.0263. The largest absolute Gasteiger partial charge is 0.372 e. The van der Waals surface area contributed by atoms with Crippen molar-refractivity contribution in [2.75, 3.05) is 13.2 Å². The Kier molecular flexibility index (Phi) is 6.50. The molecule has 0 fully saturated rings. The van der Waals surface area contributed by atoms with Crippen LogP contribution in [0.25, 0.3) is 0 Å². The number of amides is 1. The van der Waals surface area contributed by atoms with Crippen LogP contribution in [-0.4, -0.2) is 25.2 Å². The van der Waals surface area contributed by atoms with Gasteiger partial charge in [0.25, 0.3) is 0 Å². The first kappa shape index (κ1) is 15.6. The van der Waals surface area contributed by atoms with Crippen LogP contribution in [0.3, 0.4) is 0 Å². The van der Waals surface area contributed by atoms with Crippen molar-refractivity contribution in [2.24, 2.45) is 5.92 Å². The van der Waals surface area contributed by atoms with Crippen molar-refractivity contribution in [2.45, 2.75) is 33.2 Å². The summed E-state index contributed by atoms with van der Waals surface area (Å²) in [7, 11) is 0. The van der Waals surface area contributed by atoms with Crippen LogP contribution in [0.5, 0.6) is 0 Å². The molecule has 3 nitrogen and oxygen atoms in total. The number of hydrogen-bond acceptors (Lipinski definition) is 2. The molecule has 0 aromatic heterocycles. The summed E-state index contributed by atoms with van der Waals surface area (Å²) in [5, 5.41) is 2.96. The Morgan fingerprint density at radius 1 is 1.32 bits per heavy atom. The lowest BCUT2D eigenvalue weighted by Gasteiger charge is -2.22. The number of carbonyl (C=O) groups excluding carboxylic acids is 1. The Hall–Kier alpha value is -1.42. The molecule has 0 radical (unpaired) electrons. The molecular weight excluding hydrogens is 245 g/mol. The van der Waals surface area contributed by atoms with E-state index in [1.807, 2.05) is 6.92 Å². The predicted molar refractivity (Wildman–Crippen MR) is 73.4 cm³/mol. The normalized spacial score (nSPS) is 12.5. The quantitative estimate of drug-likeness (QED) is 0.824. The maximum absolute atomic E-state index is 12.8. The van der Waals surface area contributed by atoms with Crippen LogP contribution < -0.4 is 5.32 Å². The molecule has 1 amide bonds. The van der Waals surface area contributed by atoms with Crippen molar-refractivity contribution in [1.29, 1.82) is 0 Å². The lowest BCUT2D eigenvalue weighted by Crippen LogP contribution is -2.41. The van der Waals surface area contributed by atoms with Crippen LogP contribution in [0.2, 0.25) is 0 Å². The summed E-state index contributed by atoms with van der Waals surface area (Å²) < 4.78 is 17.9. The van der Waals surface area contributed by atoms with Gasteiger partial charge in [-0.2, -0.15) is 0 Å². The highest BCUT2D eigenvalue weighted by Crippen LogP contribution is 2.11. The molecule has 0 spiro atoms. The van der Waals surface area contributed by atoms with E-state index in [2.05, 4.69) is 19.2 Å². The molecule has 0 aliphatic carbocycles. The first-order valence-corrected chi connectivity index (χ1v) is 6.64. The van der Waals surface area contributed by atoms with E-state index in [9.17, 15) is 9.18 Å². The number of halogens is 1. The minimum atomic E-state index is -0.245. The summed E-state index contributed by atoms with van der Waals surface area (Å²) in [4.78, 5) is 11.7. The van der Waals surface area contributed by atoms with Gasteiger partial charge in [-0.1, -0.05) is 26.0 Å². The molecular formula is C15H22FNO2. The van der Waals surface area contributed by atoms with Crippen LogP contribution in [-0.2, 0) is 16.0 Å². The molecule has 0 heterocycles. The third-order valence-corrected chi connectivity index (χ3v) is 2.96. The number of carbonyl (C=O) groups is 1. The number of hydrogen-bond donors (Lipinski definition) is 1. The van der Waals surface area contributed by atoms with Gasteiger partial charge < -0.3 is 10.1 Å². The summed E-state index contributed by atoms with van der Waals surface area (Å²) >= 11 is 0. The van der Waals surface area contributed by atoms with Gasteiger partial charge in [0.1, 0.15) is 12.4 Å². The Morgan fingerprint density at radius 2 is 1.95 bits per heavy atom. The highest BCUT2D eigenvalue weighted by molar-refractivity contribution is 5.77. The second kappa shape index (κ2) is 7.89. The van der Waals surface area contributed by atoms with Crippen LogP contribution >= 0.6 is 0 Å². The Morgan fingerprint density at radius 3 is 2.47 bits per heavy atom. The molecule has 1 aromatic rings. The van der Waals surface area contributed by atoms with E-state index in [-0.39, 0.29) is 24.4 Å². The van der Waals surface area contributed by atoms with Gasteiger partial charge in [0.15, 0.2) is 0 Å². The summed E-state index contributed by atoms with van der Waals surface area (Å²) in [6.45, 7) is 6.57. The van der Waals surface area contributed by atoms with E-state index in [0.29, 0.717) is 18.9 Å². The van der Waals surface area contributed by atoms with Gasteiger partial charge in [-0.05, 0) is 37.0 Å². The van der Waals surface area contributed by atoms with E-state index >= 15 is 0 Å². The molecule has 1 aromatic carbocycles. The number of benzene rings is 1. The Balaban J connectivity index is 2.57. The Bertz CT molecular complexity index is 390. The second-order valence-electron chi connectivity index (χ2n) is 4.89. The van der Waals surface area contributed by atoms with Gasteiger partial charge >= 0.3 is 0 Å². The van der Waals surface area contributed by atoms with Crippen LogP contribution in [0, 0.1) is 11.7 Å². The molecule has 106 valence electrons. The molecule has 0 saturated heterocycles. The number of nitrogens with one attached hydrogen (secondary N) is 1. The van der Waals surface area contributed by atoms with Crippen molar-refractivity contribution < 1.29 is 13.9 Å². The van der Waals surface area contributed by atoms with Gasteiger partial charge in [-0.25, -0.2) is 4.39 Å². The summed E-state index contributed by atoms with van der Waals surface area (Å²) in [6, 6.07) is 6.40. The van der Waals surface area contributed by atoms with E-state index in [1.54, 1.807) is 12.1 Å². The summed E-state index contributed by atoms with van der Waals surface area (Å²) in [5.41, 5.74) is 1.01. The van der Waals surface area contributed by atoms with Crippen LogP contribution in [0.15, 0.2) is 24.3 Å². The van der Waals surface area contributed by atoms with Gasteiger partial charge in [0, 0.05) is 12.6 Å². The average Bonchev–Trinajstić information content (AvgIpc) is 2.38. The third-order valence-electron chi connectivity index (χ3n) is 2.96. The molecule has 19 heavy (non-hydrogen) atoms. The van der Waals surface area contributed by atoms with Gasteiger partial charge in [-0.3, -0.25) is 4.79 Å². The standard InChI is InChI=1S/C15H22FNO2/c1-4-19-10-15(18)17-14(11(2)3)9-12-5-7-13(16)8-6-12/h5-8,11,14H,4,9-10H2,1-3H3,(H,17,18)/t14-/m0/s1. The van der Waals surface area contributed by atoms with Gasteiger partial charge in [0.05, 0.1) is 0 Å². The van der Waals surface area contributed by atoms with Crippen LogP contribution in [0.1, 0.15) is 26.3 Å². The SMILES string of the molecule is CCOCC(=O)N[C@@H](Cc1ccc(F)cc1)C(C)C. The molecule has 4 heteroatoms. The van der Waals surface area contributed by atoms with E-state index in [1.165, 1.54) is 12.1 Å². The summed E-state index contributed by atoms with van der Waals surface area (Å²) in [5.74, 6) is -0.0523. The molecule has 0 saturated carbocycles. The van der Waals surface area contributed by atoms with Gasteiger partial charge in [0.2, 0.25) is 5.91 Å². The van der Waals surface area contributed by atoms with Crippen molar-refractivity contribution in [3.63, 3.8) is 0 Å². The van der Waals surface area contributed by atoms with E-state index in [0.717, 1.165) is 5.56 Å². The smallest absolute Gasteiger partial charge is 0.246 e. The molecule has 0 unspecified atom stereocenters. The molecule has 0 aliphatic heterocycles. The Labute approximate surface area is 114 Å². The summed E-state index contributed by atoms with van der Waals surface area (Å²) in [6.07, 6.45) is 0.690. The fourth-order valence-electron chi connectivity index (χ4n) is 1.77. The molecule has 0 bridgehead atoms. The zero-order chi connectivity index (χ0) is 14.3. The zero-order valence-electron chi connectivity index (χ0n) is 11.8. The number of rotatable bonds is 7. The third kappa shape index (κ3) is 5.83. The van der Waals surface area contributed by atoms with Crippen LogP contribution in [0.4, 0.5) is 4.39 Å². The predicted octanol–water partition coefficient (Wildman–Crippen LogP) is 2.55. The van der Waals surface area contributed by atoms with Gasteiger partial charge in [-0.15, -0.1) is 0 Å². The number of ether oxygens (including phenoxy) is 1. The maximum atomic E-state index is 12.8. The molecule has 1 atom stereocenters. The molecule has 0 aliphatic rings. The van der Waals surface area contributed by atoms with E-state index < -0.39 is 0 Å². The highest BCUT2D eigenvalue weighted by atomic mass is 19.1. The van der Waals surface area contributed by atoms with Crippen molar-refractivity contribution >= 4 is 5.91 Å². The van der Waals surface area contributed by atoms with Crippen molar-refractivity contribution in [1.82, 2.24) is 5.32 Å².